The number of carbonyl (C=O) groups is 1. The molecule has 0 aliphatic carbocycles. The topological polar surface area (TPSA) is 74.7 Å². The molecule has 1 heterocycles. The molecular formula is C13H15F2NO4S. The first-order chi connectivity index (χ1) is 9.75. The van der Waals surface area contributed by atoms with E-state index in [1.807, 2.05) is 0 Å². The first-order valence-corrected chi connectivity index (χ1v) is 7.88. The van der Waals surface area contributed by atoms with E-state index >= 15 is 0 Å². The monoisotopic (exact) mass is 319 g/mol. The molecule has 1 aromatic rings. The highest BCUT2D eigenvalue weighted by molar-refractivity contribution is 7.91. The molecule has 0 unspecified atom stereocenters. The van der Waals surface area contributed by atoms with Crippen LogP contribution < -0.4 is 4.90 Å². The number of halogens is 2. The van der Waals surface area contributed by atoms with E-state index < -0.39 is 32.4 Å². The number of alkyl halides is 2. The largest absolute Gasteiger partial charge is 0.481 e. The predicted octanol–water partition coefficient (Wildman–Crippen LogP) is 1.84. The number of anilines is 1. The Bertz CT molecular complexity index is 647. The minimum absolute atomic E-state index is 0.103. The molecule has 8 heteroatoms. The minimum Gasteiger partial charge on any atom is -0.481 e. The maximum Gasteiger partial charge on any atom is 0.341 e. The van der Waals surface area contributed by atoms with E-state index in [0.29, 0.717) is 6.54 Å². The van der Waals surface area contributed by atoms with Crippen molar-refractivity contribution >= 4 is 21.5 Å². The number of hydrogen-bond donors (Lipinski definition) is 1. The Balaban J connectivity index is 2.41. The van der Waals surface area contributed by atoms with Crippen molar-refractivity contribution in [3.8, 4) is 0 Å². The molecule has 0 bridgehead atoms. The average molecular weight is 319 g/mol. The normalized spacial score (nSPS) is 22.8. The van der Waals surface area contributed by atoms with Gasteiger partial charge in [0.15, 0.2) is 0 Å². The number of rotatable bonds is 4. The van der Waals surface area contributed by atoms with E-state index in [1.165, 1.54) is 12.1 Å². The standard InChI is InChI=1S/C13H15F2NO4S/c1-8-6-16(7-9(8)12(17)18)10-4-2-3-5-11(10)21(19,20)13(14)15/h2-5,8-9,13H,6-7H2,1H3,(H,17,18)/t8-,9-/m1/s1. The molecule has 1 aliphatic rings. The van der Waals surface area contributed by atoms with Crippen LogP contribution in [0.15, 0.2) is 29.2 Å². The summed E-state index contributed by atoms with van der Waals surface area (Å²) in [5.74, 6) is -5.31. The zero-order chi connectivity index (χ0) is 15.8. The van der Waals surface area contributed by atoms with Gasteiger partial charge in [0.1, 0.15) is 0 Å². The third kappa shape index (κ3) is 2.85. The van der Waals surface area contributed by atoms with Gasteiger partial charge in [-0.2, -0.15) is 8.78 Å². The SMILES string of the molecule is C[C@@H]1CN(c2ccccc2S(=O)(=O)C(F)F)C[C@H]1C(=O)O. The van der Waals surface area contributed by atoms with Crippen molar-refractivity contribution in [2.45, 2.75) is 17.6 Å². The van der Waals surface area contributed by atoms with E-state index in [2.05, 4.69) is 0 Å². The van der Waals surface area contributed by atoms with Crippen molar-refractivity contribution in [2.75, 3.05) is 18.0 Å². The molecular weight excluding hydrogens is 304 g/mol. The van der Waals surface area contributed by atoms with Crippen LogP contribution in [0.1, 0.15) is 6.92 Å². The average Bonchev–Trinajstić information content (AvgIpc) is 2.80. The van der Waals surface area contributed by atoms with Crippen LogP contribution in [0.5, 0.6) is 0 Å². The van der Waals surface area contributed by atoms with Gasteiger partial charge in [0, 0.05) is 13.1 Å². The number of aliphatic carboxylic acids is 1. The van der Waals surface area contributed by atoms with E-state index in [0.717, 1.165) is 6.07 Å². The molecule has 0 radical (unpaired) electrons. The zero-order valence-corrected chi connectivity index (χ0v) is 12.1. The van der Waals surface area contributed by atoms with Crippen LogP contribution in [-0.2, 0) is 14.6 Å². The summed E-state index contributed by atoms with van der Waals surface area (Å²) in [5.41, 5.74) is 0.133. The second-order valence-electron chi connectivity index (χ2n) is 5.10. The van der Waals surface area contributed by atoms with Crippen molar-refractivity contribution in [1.82, 2.24) is 0 Å². The van der Waals surface area contributed by atoms with Crippen LogP contribution in [0.4, 0.5) is 14.5 Å². The van der Waals surface area contributed by atoms with Crippen molar-refractivity contribution in [1.29, 1.82) is 0 Å². The Labute approximate surface area is 121 Å². The van der Waals surface area contributed by atoms with Gasteiger partial charge >= 0.3 is 11.7 Å². The smallest absolute Gasteiger partial charge is 0.341 e. The Morgan fingerprint density at radius 1 is 1.33 bits per heavy atom. The Morgan fingerprint density at radius 2 is 1.95 bits per heavy atom. The van der Waals surface area contributed by atoms with Gasteiger partial charge in [-0.05, 0) is 18.1 Å². The molecule has 0 aromatic heterocycles. The number of hydrogen-bond acceptors (Lipinski definition) is 4. The molecule has 0 spiro atoms. The molecule has 1 saturated heterocycles. The summed E-state index contributed by atoms with van der Waals surface area (Å²) in [4.78, 5) is 12.2. The number of benzene rings is 1. The lowest BCUT2D eigenvalue weighted by atomic mass is 9.99. The van der Waals surface area contributed by atoms with Crippen LogP contribution in [0.3, 0.4) is 0 Å². The molecule has 1 fully saturated rings. The highest BCUT2D eigenvalue weighted by atomic mass is 32.2. The molecule has 116 valence electrons. The number of nitrogens with zero attached hydrogens (tertiary/aromatic N) is 1. The molecule has 1 aliphatic heterocycles. The number of sulfone groups is 1. The molecule has 1 aromatic carbocycles. The van der Waals surface area contributed by atoms with E-state index in [4.69, 9.17) is 5.11 Å². The van der Waals surface area contributed by atoms with Gasteiger partial charge in [-0.1, -0.05) is 19.1 Å². The lowest BCUT2D eigenvalue weighted by Gasteiger charge is -2.21. The summed E-state index contributed by atoms with van der Waals surface area (Å²) in [7, 11) is -4.72. The lowest BCUT2D eigenvalue weighted by molar-refractivity contribution is -0.142. The van der Waals surface area contributed by atoms with Crippen molar-refractivity contribution < 1.29 is 27.1 Å². The number of para-hydroxylation sites is 1. The van der Waals surface area contributed by atoms with E-state index in [1.54, 1.807) is 17.9 Å². The molecule has 2 atom stereocenters. The lowest BCUT2D eigenvalue weighted by Crippen LogP contribution is -2.25. The molecule has 0 amide bonds. The van der Waals surface area contributed by atoms with Gasteiger partial charge in [0.25, 0.3) is 0 Å². The third-order valence-corrected chi connectivity index (χ3v) is 5.10. The quantitative estimate of drug-likeness (QED) is 0.916. The summed E-state index contributed by atoms with van der Waals surface area (Å²) in [5, 5.41) is 9.10. The van der Waals surface area contributed by atoms with Gasteiger partial charge in [-0.25, -0.2) is 8.42 Å². The van der Waals surface area contributed by atoms with Gasteiger partial charge in [0.05, 0.1) is 16.5 Å². The predicted molar refractivity (Wildman–Crippen MR) is 72.1 cm³/mol. The molecule has 1 N–H and O–H groups in total. The fraction of sp³-hybridized carbons (Fsp3) is 0.462. The van der Waals surface area contributed by atoms with Crippen molar-refractivity contribution in [2.24, 2.45) is 11.8 Å². The number of carboxylic acid groups (broad SMARTS) is 1. The second-order valence-corrected chi connectivity index (χ2v) is 6.99. The number of carboxylic acids is 1. The summed E-state index contributed by atoms with van der Waals surface area (Å²) < 4.78 is 48.9. The maximum atomic E-state index is 12.7. The van der Waals surface area contributed by atoms with E-state index in [-0.39, 0.29) is 18.2 Å². The van der Waals surface area contributed by atoms with Gasteiger partial charge < -0.3 is 10.0 Å². The van der Waals surface area contributed by atoms with Gasteiger partial charge in [-0.3, -0.25) is 4.79 Å². The molecule has 21 heavy (non-hydrogen) atoms. The fourth-order valence-electron chi connectivity index (χ4n) is 2.54. The Morgan fingerprint density at radius 3 is 2.48 bits per heavy atom. The molecule has 2 rings (SSSR count). The summed E-state index contributed by atoms with van der Waals surface area (Å²) >= 11 is 0. The highest BCUT2D eigenvalue weighted by Crippen LogP contribution is 2.34. The summed E-state index contributed by atoms with van der Waals surface area (Å²) in [6, 6.07) is 5.45. The fourth-order valence-corrected chi connectivity index (χ4v) is 3.49. The van der Waals surface area contributed by atoms with Crippen LogP contribution in [-0.4, -0.2) is 38.3 Å². The third-order valence-electron chi connectivity index (χ3n) is 3.68. The highest BCUT2D eigenvalue weighted by Gasteiger charge is 2.38. The van der Waals surface area contributed by atoms with Crippen LogP contribution in [0.2, 0.25) is 0 Å². The summed E-state index contributed by atoms with van der Waals surface area (Å²) in [6.45, 7) is 2.15. The molecule has 0 saturated carbocycles. The maximum absolute atomic E-state index is 12.7. The van der Waals surface area contributed by atoms with Crippen LogP contribution in [0.25, 0.3) is 0 Å². The molecule has 5 nitrogen and oxygen atoms in total. The Kier molecular flexibility index (Phi) is 4.18. The first-order valence-electron chi connectivity index (χ1n) is 6.34. The van der Waals surface area contributed by atoms with Crippen LogP contribution >= 0.6 is 0 Å². The Hall–Kier alpha value is -1.70. The van der Waals surface area contributed by atoms with Gasteiger partial charge in [0.2, 0.25) is 9.84 Å². The first kappa shape index (κ1) is 15.7. The zero-order valence-electron chi connectivity index (χ0n) is 11.2. The van der Waals surface area contributed by atoms with Gasteiger partial charge in [-0.15, -0.1) is 0 Å². The summed E-state index contributed by atoms with van der Waals surface area (Å²) in [6.07, 6.45) is 0. The van der Waals surface area contributed by atoms with Crippen molar-refractivity contribution in [3.63, 3.8) is 0 Å². The van der Waals surface area contributed by atoms with E-state index in [9.17, 15) is 22.0 Å². The second kappa shape index (κ2) is 5.59. The van der Waals surface area contributed by atoms with Crippen LogP contribution in [0, 0.1) is 11.8 Å². The van der Waals surface area contributed by atoms with Crippen molar-refractivity contribution in [3.05, 3.63) is 24.3 Å². The minimum atomic E-state index is -4.72.